The number of rotatable bonds is 20. The number of hydrogen-bond acceptors (Lipinski definition) is 4. The molecule has 1 amide bonds. The van der Waals surface area contributed by atoms with E-state index in [0.717, 1.165) is 71.2 Å². The summed E-state index contributed by atoms with van der Waals surface area (Å²) in [7, 11) is 0. The number of carbonyl (C=O) groups is 2. The summed E-state index contributed by atoms with van der Waals surface area (Å²) in [5.74, 6) is 0.884. The maximum absolute atomic E-state index is 12.1. The highest BCUT2D eigenvalue weighted by Crippen LogP contribution is 2.21. The van der Waals surface area contributed by atoms with Gasteiger partial charge in [0.1, 0.15) is 0 Å². The number of esters is 1. The van der Waals surface area contributed by atoms with Crippen molar-refractivity contribution < 1.29 is 14.3 Å². The normalized spacial score (nSPS) is 16.4. The number of hydrogen-bond donors (Lipinski definition) is 0. The zero-order valence-electron chi connectivity index (χ0n) is 22.3. The number of nitrogens with zero attached hydrogens (tertiary/aromatic N) is 2. The second-order valence-corrected chi connectivity index (χ2v) is 9.98. The minimum absolute atomic E-state index is 0.0389. The van der Waals surface area contributed by atoms with E-state index in [1.54, 1.807) is 0 Å². The summed E-state index contributed by atoms with van der Waals surface area (Å²) >= 11 is 0. The Hall–Kier alpha value is -1.10. The van der Waals surface area contributed by atoms with Crippen molar-refractivity contribution in [1.29, 1.82) is 0 Å². The molecule has 0 radical (unpaired) electrons. The third-order valence-corrected chi connectivity index (χ3v) is 6.97. The Morgan fingerprint density at radius 3 is 2.24 bits per heavy atom. The van der Waals surface area contributed by atoms with Crippen LogP contribution in [0.5, 0.6) is 0 Å². The van der Waals surface area contributed by atoms with Gasteiger partial charge in [0.25, 0.3) is 0 Å². The molecule has 1 heterocycles. The topological polar surface area (TPSA) is 49.9 Å². The maximum atomic E-state index is 12.1. The van der Waals surface area contributed by atoms with Gasteiger partial charge >= 0.3 is 5.97 Å². The van der Waals surface area contributed by atoms with Crippen molar-refractivity contribution in [3.05, 3.63) is 0 Å². The largest absolute Gasteiger partial charge is 0.466 e. The minimum Gasteiger partial charge on any atom is -0.466 e. The number of unbranched alkanes of at least 4 members (excludes halogenated alkanes) is 8. The average molecular weight is 467 g/mol. The van der Waals surface area contributed by atoms with Gasteiger partial charge in [-0.3, -0.25) is 9.59 Å². The fourth-order valence-corrected chi connectivity index (χ4v) is 4.80. The summed E-state index contributed by atoms with van der Waals surface area (Å²) in [5.41, 5.74) is 0. The van der Waals surface area contributed by atoms with Gasteiger partial charge in [-0.2, -0.15) is 0 Å². The van der Waals surface area contributed by atoms with E-state index in [1.165, 1.54) is 51.4 Å². The molecule has 0 spiro atoms. The Morgan fingerprint density at radius 1 is 0.848 bits per heavy atom. The Balaban J connectivity index is 2.36. The molecule has 1 aliphatic rings. The van der Waals surface area contributed by atoms with Crippen LogP contribution >= 0.6 is 0 Å². The molecule has 0 aromatic carbocycles. The zero-order valence-corrected chi connectivity index (χ0v) is 22.3. The molecule has 1 unspecified atom stereocenters. The molecule has 1 saturated heterocycles. The molecule has 0 aliphatic carbocycles. The van der Waals surface area contributed by atoms with Crippen molar-refractivity contribution in [1.82, 2.24) is 9.80 Å². The summed E-state index contributed by atoms with van der Waals surface area (Å²) in [6, 6.07) is 0. The van der Waals surface area contributed by atoms with E-state index in [1.807, 2.05) is 6.92 Å². The molecule has 0 aromatic rings. The van der Waals surface area contributed by atoms with Gasteiger partial charge in [0.2, 0.25) is 5.91 Å². The quantitative estimate of drug-likeness (QED) is 0.150. The first-order valence-corrected chi connectivity index (χ1v) is 14.3. The Morgan fingerprint density at radius 2 is 1.52 bits per heavy atom. The Bertz CT molecular complexity index is 498. The molecule has 1 fully saturated rings. The van der Waals surface area contributed by atoms with Gasteiger partial charge in [-0.25, -0.2) is 0 Å². The maximum Gasteiger partial charge on any atom is 0.305 e. The molecule has 0 saturated carbocycles. The van der Waals surface area contributed by atoms with Crippen LogP contribution in [-0.4, -0.2) is 61.0 Å². The summed E-state index contributed by atoms with van der Waals surface area (Å²) in [4.78, 5) is 28.8. The number of ether oxygens (including phenoxy) is 1. The van der Waals surface area contributed by atoms with Crippen LogP contribution in [-0.2, 0) is 14.3 Å². The lowest BCUT2D eigenvalue weighted by molar-refractivity contribution is -0.144. The van der Waals surface area contributed by atoms with Crippen molar-refractivity contribution >= 4 is 11.9 Å². The van der Waals surface area contributed by atoms with Gasteiger partial charge in [-0.1, -0.05) is 72.1 Å². The standard InChI is InChI=1S/C28H54N2O3/c1-4-7-9-10-11-12-13-20-29(21-16-18-28(32)33-24-14-8-5-2)23-19-26-17-15-22-30(25-26)27(31)6-3/h26H,4-25H2,1-3H3. The molecule has 5 nitrogen and oxygen atoms in total. The van der Waals surface area contributed by atoms with Gasteiger partial charge in [0.05, 0.1) is 6.61 Å². The van der Waals surface area contributed by atoms with Gasteiger partial charge < -0.3 is 14.5 Å². The highest BCUT2D eigenvalue weighted by atomic mass is 16.5. The molecule has 33 heavy (non-hydrogen) atoms. The van der Waals surface area contributed by atoms with Crippen molar-refractivity contribution in [3.8, 4) is 0 Å². The number of amides is 1. The predicted octanol–water partition coefficient (Wildman–Crippen LogP) is 6.59. The third-order valence-electron chi connectivity index (χ3n) is 6.97. The monoisotopic (exact) mass is 466 g/mol. The number of piperidine rings is 1. The minimum atomic E-state index is -0.0389. The van der Waals surface area contributed by atoms with Gasteiger partial charge in [0.15, 0.2) is 0 Å². The van der Waals surface area contributed by atoms with Crippen LogP contribution in [0.4, 0.5) is 0 Å². The molecule has 1 rings (SSSR count). The fraction of sp³-hybridized carbons (Fsp3) is 0.929. The first-order valence-electron chi connectivity index (χ1n) is 14.3. The first kappa shape index (κ1) is 29.9. The highest BCUT2D eigenvalue weighted by molar-refractivity contribution is 5.75. The molecule has 0 aromatic heterocycles. The lowest BCUT2D eigenvalue weighted by Gasteiger charge is -2.34. The average Bonchev–Trinajstić information content (AvgIpc) is 2.83. The van der Waals surface area contributed by atoms with Crippen LogP contribution in [0.2, 0.25) is 0 Å². The summed E-state index contributed by atoms with van der Waals surface area (Å²) < 4.78 is 5.38. The molecule has 5 heteroatoms. The predicted molar refractivity (Wildman–Crippen MR) is 138 cm³/mol. The molecular formula is C28H54N2O3. The fourth-order valence-electron chi connectivity index (χ4n) is 4.80. The smallest absolute Gasteiger partial charge is 0.305 e. The second kappa shape index (κ2) is 20.3. The Kier molecular flexibility index (Phi) is 18.4. The van der Waals surface area contributed by atoms with Crippen molar-refractivity contribution in [2.75, 3.05) is 39.3 Å². The van der Waals surface area contributed by atoms with Crippen LogP contribution in [0.1, 0.15) is 124 Å². The van der Waals surface area contributed by atoms with E-state index in [2.05, 4.69) is 23.6 Å². The van der Waals surface area contributed by atoms with Gasteiger partial charge in [-0.15, -0.1) is 0 Å². The van der Waals surface area contributed by atoms with Crippen LogP contribution in [0.25, 0.3) is 0 Å². The SMILES string of the molecule is CCCCCCCCCN(CCCC(=O)OCCCCC)CCC1CCCN(C(=O)CC)C1. The van der Waals surface area contributed by atoms with E-state index in [4.69, 9.17) is 4.74 Å². The van der Waals surface area contributed by atoms with E-state index < -0.39 is 0 Å². The molecule has 0 N–H and O–H groups in total. The molecule has 1 aliphatic heterocycles. The number of carbonyl (C=O) groups excluding carboxylic acids is 2. The lowest BCUT2D eigenvalue weighted by Crippen LogP contribution is -2.40. The van der Waals surface area contributed by atoms with Crippen LogP contribution in [0.15, 0.2) is 0 Å². The lowest BCUT2D eigenvalue weighted by atomic mass is 9.94. The first-order chi connectivity index (χ1) is 16.1. The van der Waals surface area contributed by atoms with E-state index in [9.17, 15) is 9.59 Å². The van der Waals surface area contributed by atoms with Gasteiger partial charge in [-0.05, 0) is 64.1 Å². The molecule has 1 atom stereocenters. The molecule has 0 bridgehead atoms. The number of likely N-dealkylation sites (tertiary alicyclic amines) is 1. The molecule has 194 valence electrons. The van der Waals surface area contributed by atoms with E-state index >= 15 is 0 Å². The van der Waals surface area contributed by atoms with Crippen LogP contribution < -0.4 is 0 Å². The zero-order chi connectivity index (χ0) is 24.2. The summed E-state index contributed by atoms with van der Waals surface area (Å²) in [5, 5.41) is 0. The summed E-state index contributed by atoms with van der Waals surface area (Å²) in [6.07, 6.45) is 18.1. The molecular weight excluding hydrogens is 412 g/mol. The van der Waals surface area contributed by atoms with Crippen LogP contribution in [0.3, 0.4) is 0 Å². The van der Waals surface area contributed by atoms with Crippen LogP contribution in [0, 0.1) is 5.92 Å². The van der Waals surface area contributed by atoms with Gasteiger partial charge in [0, 0.05) is 25.9 Å². The van der Waals surface area contributed by atoms with E-state index in [-0.39, 0.29) is 5.97 Å². The Labute approximate surface area is 205 Å². The van der Waals surface area contributed by atoms with Crippen molar-refractivity contribution in [2.45, 2.75) is 124 Å². The highest BCUT2D eigenvalue weighted by Gasteiger charge is 2.23. The summed E-state index contributed by atoms with van der Waals surface area (Å²) in [6.45, 7) is 12.0. The second-order valence-electron chi connectivity index (χ2n) is 9.98. The third kappa shape index (κ3) is 15.4. The van der Waals surface area contributed by atoms with Crippen molar-refractivity contribution in [2.24, 2.45) is 5.92 Å². The van der Waals surface area contributed by atoms with Crippen molar-refractivity contribution in [3.63, 3.8) is 0 Å². The van der Waals surface area contributed by atoms with E-state index in [0.29, 0.717) is 31.3 Å².